The topological polar surface area (TPSA) is 88.2 Å². The number of ether oxygens (including phenoxy) is 2. The molecule has 3 fully saturated rings. The van der Waals surface area contributed by atoms with Crippen LogP contribution in [0.5, 0.6) is 11.5 Å². The molecule has 0 bridgehead atoms. The fourth-order valence-electron chi connectivity index (χ4n) is 6.73. The predicted octanol–water partition coefficient (Wildman–Crippen LogP) is 2.75. The maximum absolute atomic E-state index is 14.2. The third-order valence-electron chi connectivity index (χ3n) is 8.33. The molecule has 1 spiro atoms. The molecule has 6 rings (SSSR count). The molecule has 0 aliphatic carbocycles. The average molecular weight is 462 g/mol. The zero-order valence-corrected chi connectivity index (χ0v) is 19.7. The van der Waals surface area contributed by atoms with E-state index in [9.17, 15) is 14.4 Å². The lowest BCUT2D eigenvalue weighted by Gasteiger charge is -2.36. The molecule has 2 aromatic rings. The summed E-state index contributed by atoms with van der Waals surface area (Å²) in [5.74, 6) is -1.33. The standard InChI is InChI=1S/C26H27N3O5/c1-13-7-9-16-22(14(13)2)27-25(32)26(16)21-20(17-6-5-11-28(17)26)23(30)29(24(21)31)18-12-15(33-3)8-10-19(18)34-4/h7-10,12,17,20-21H,5-6,11H2,1-4H3,(H,27,32)/t17-,20-,21-,26+/m1/s1. The second-order valence-electron chi connectivity index (χ2n) is 9.61. The predicted molar refractivity (Wildman–Crippen MR) is 125 cm³/mol. The Morgan fingerprint density at radius 3 is 2.56 bits per heavy atom. The molecular weight excluding hydrogens is 434 g/mol. The third-order valence-corrected chi connectivity index (χ3v) is 8.33. The Bertz CT molecular complexity index is 1270. The van der Waals surface area contributed by atoms with E-state index in [0.29, 0.717) is 23.7 Å². The van der Waals surface area contributed by atoms with Gasteiger partial charge in [-0.3, -0.25) is 19.3 Å². The summed E-state index contributed by atoms with van der Waals surface area (Å²) in [6.07, 6.45) is 1.66. The first kappa shape index (κ1) is 21.2. The van der Waals surface area contributed by atoms with Gasteiger partial charge in [0.2, 0.25) is 17.7 Å². The van der Waals surface area contributed by atoms with Crippen molar-refractivity contribution in [3.63, 3.8) is 0 Å². The molecule has 3 saturated heterocycles. The van der Waals surface area contributed by atoms with Gasteiger partial charge in [-0.2, -0.15) is 0 Å². The highest BCUT2D eigenvalue weighted by molar-refractivity contribution is 6.26. The van der Waals surface area contributed by atoms with Crippen molar-refractivity contribution in [1.29, 1.82) is 0 Å². The van der Waals surface area contributed by atoms with Gasteiger partial charge in [0.05, 0.1) is 31.7 Å². The number of amides is 3. The van der Waals surface area contributed by atoms with E-state index in [-0.39, 0.29) is 23.8 Å². The monoisotopic (exact) mass is 461 g/mol. The number of methoxy groups -OCH3 is 2. The van der Waals surface area contributed by atoms with Gasteiger partial charge in [0, 0.05) is 23.4 Å². The molecule has 2 aromatic carbocycles. The zero-order chi connectivity index (χ0) is 23.9. The van der Waals surface area contributed by atoms with E-state index in [4.69, 9.17) is 9.47 Å². The minimum atomic E-state index is -1.19. The Labute approximate surface area is 197 Å². The van der Waals surface area contributed by atoms with Crippen LogP contribution in [0.4, 0.5) is 11.4 Å². The second-order valence-corrected chi connectivity index (χ2v) is 9.61. The normalized spacial score (nSPS) is 29.5. The Balaban J connectivity index is 1.56. The van der Waals surface area contributed by atoms with Gasteiger partial charge in [0.25, 0.3) is 0 Å². The SMILES string of the molecule is COc1ccc(OC)c(N2C(=O)[C@@H]3[C@H]4CCCN4[C@]4(C(=O)Nc5c4ccc(C)c5C)[C@H]3C2=O)c1. The molecule has 8 heteroatoms. The summed E-state index contributed by atoms with van der Waals surface area (Å²) in [5, 5.41) is 3.09. The van der Waals surface area contributed by atoms with Gasteiger partial charge in [-0.25, -0.2) is 4.90 Å². The Hall–Kier alpha value is -3.39. The molecule has 1 N–H and O–H groups in total. The first-order valence-electron chi connectivity index (χ1n) is 11.6. The average Bonchev–Trinajstić information content (AvgIpc) is 3.54. The molecule has 3 amide bonds. The number of nitrogens with zero attached hydrogens (tertiary/aromatic N) is 2. The van der Waals surface area contributed by atoms with Crippen LogP contribution in [0.15, 0.2) is 30.3 Å². The van der Waals surface area contributed by atoms with E-state index in [2.05, 4.69) is 10.2 Å². The van der Waals surface area contributed by atoms with Crippen molar-refractivity contribution in [3.05, 3.63) is 47.0 Å². The second kappa shape index (κ2) is 7.06. The van der Waals surface area contributed by atoms with E-state index >= 15 is 0 Å². The molecular formula is C26H27N3O5. The summed E-state index contributed by atoms with van der Waals surface area (Å²) in [5.41, 5.74) is 2.80. The van der Waals surface area contributed by atoms with E-state index < -0.39 is 17.4 Å². The van der Waals surface area contributed by atoms with E-state index in [0.717, 1.165) is 35.2 Å². The number of hydrogen-bond acceptors (Lipinski definition) is 6. The summed E-state index contributed by atoms with van der Waals surface area (Å²) in [6.45, 7) is 4.67. The van der Waals surface area contributed by atoms with Gasteiger partial charge >= 0.3 is 0 Å². The van der Waals surface area contributed by atoms with Crippen molar-refractivity contribution < 1.29 is 23.9 Å². The molecule has 4 atom stereocenters. The van der Waals surface area contributed by atoms with Gasteiger partial charge in [-0.05, 0) is 56.5 Å². The van der Waals surface area contributed by atoms with E-state index in [1.807, 2.05) is 26.0 Å². The van der Waals surface area contributed by atoms with Crippen LogP contribution in [0, 0.1) is 25.7 Å². The molecule has 0 radical (unpaired) electrons. The maximum atomic E-state index is 14.2. The Kier molecular flexibility index (Phi) is 4.39. The maximum Gasteiger partial charge on any atom is 0.250 e. The number of rotatable bonds is 3. The van der Waals surface area contributed by atoms with Crippen LogP contribution in [-0.4, -0.2) is 49.4 Å². The van der Waals surface area contributed by atoms with Crippen molar-refractivity contribution in [2.75, 3.05) is 31.0 Å². The molecule has 34 heavy (non-hydrogen) atoms. The fourth-order valence-corrected chi connectivity index (χ4v) is 6.73. The Morgan fingerprint density at radius 2 is 1.82 bits per heavy atom. The van der Waals surface area contributed by atoms with Crippen molar-refractivity contribution in [3.8, 4) is 11.5 Å². The lowest BCUT2D eigenvalue weighted by Crippen LogP contribution is -2.54. The van der Waals surface area contributed by atoms with Gasteiger partial charge in [0.1, 0.15) is 17.0 Å². The molecule has 4 heterocycles. The first-order chi connectivity index (χ1) is 16.4. The van der Waals surface area contributed by atoms with Crippen molar-refractivity contribution in [2.45, 2.75) is 38.3 Å². The van der Waals surface area contributed by atoms with Gasteiger partial charge in [0.15, 0.2) is 0 Å². The number of aryl methyl sites for hydroxylation is 1. The van der Waals surface area contributed by atoms with Crippen molar-refractivity contribution in [1.82, 2.24) is 4.90 Å². The molecule has 4 aliphatic heterocycles. The van der Waals surface area contributed by atoms with Crippen LogP contribution in [0.25, 0.3) is 0 Å². The highest BCUT2D eigenvalue weighted by atomic mass is 16.5. The molecule has 0 unspecified atom stereocenters. The van der Waals surface area contributed by atoms with Crippen LogP contribution in [0.1, 0.15) is 29.5 Å². The first-order valence-corrected chi connectivity index (χ1v) is 11.6. The van der Waals surface area contributed by atoms with Gasteiger partial charge in [-0.1, -0.05) is 12.1 Å². The number of nitrogens with one attached hydrogen (secondary N) is 1. The number of carbonyl (C=O) groups excluding carboxylic acids is 3. The van der Waals surface area contributed by atoms with Crippen LogP contribution in [-0.2, 0) is 19.9 Å². The van der Waals surface area contributed by atoms with Gasteiger partial charge in [-0.15, -0.1) is 0 Å². The smallest absolute Gasteiger partial charge is 0.250 e. The number of benzene rings is 2. The lowest BCUT2D eigenvalue weighted by atomic mass is 9.75. The molecule has 176 valence electrons. The van der Waals surface area contributed by atoms with Crippen LogP contribution in [0.2, 0.25) is 0 Å². The largest absolute Gasteiger partial charge is 0.497 e. The van der Waals surface area contributed by atoms with Crippen LogP contribution < -0.4 is 19.7 Å². The van der Waals surface area contributed by atoms with Gasteiger partial charge < -0.3 is 14.8 Å². The van der Waals surface area contributed by atoms with Crippen molar-refractivity contribution >= 4 is 29.1 Å². The fraction of sp³-hybridized carbons (Fsp3) is 0.423. The van der Waals surface area contributed by atoms with E-state index in [1.54, 1.807) is 18.2 Å². The number of fused-ring (bicyclic) bond motifs is 7. The highest BCUT2D eigenvalue weighted by Crippen LogP contribution is 2.61. The number of hydrogen-bond donors (Lipinski definition) is 1. The third kappa shape index (κ3) is 2.34. The van der Waals surface area contributed by atoms with E-state index in [1.165, 1.54) is 19.1 Å². The summed E-state index contributed by atoms with van der Waals surface area (Å²) < 4.78 is 10.8. The quantitative estimate of drug-likeness (QED) is 0.708. The molecule has 0 saturated carbocycles. The Morgan fingerprint density at radius 1 is 1.03 bits per heavy atom. The molecule has 8 nitrogen and oxygen atoms in total. The highest BCUT2D eigenvalue weighted by Gasteiger charge is 2.74. The number of anilines is 2. The minimum absolute atomic E-state index is 0.165. The zero-order valence-electron chi connectivity index (χ0n) is 19.7. The van der Waals surface area contributed by atoms with Crippen molar-refractivity contribution in [2.24, 2.45) is 11.8 Å². The summed E-state index contributed by atoms with van der Waals surface area (Å²) in [6, 6.07) is 8.84. The number of carbonyl (C=O) groups is 3. The lowest BCUT2D eigenvalue weighted by molar-refractivity contribution is -0.135. The van der Waals surface area contributed by atoms with Crippen LogP contribution in [0.3, 0.4) is 0 Å². The van der Waals surface area contributed by atoms with Crippen LogP contribution >= 0.6 is 0 Å². The summed E-state index contributed by atoms with van der Waals surface area (Å²) in [4.78, 5) is 45.3. The number of imide groups is 1. The summed E-state index contributed by atoms with van der Waals surface area (Å²) >= 11 is 0. The molecule has 4 aliphatic rings. The molecule has 0 aromatic heterocycles. The minimum Gasteiger partial charge on any atom is -0.497 e. The summed E-state index contributed by atoms with van der Waals surface area (Å²) in [7, 11) is 3.03.